The van der Waals surface area contributed by atoms with Crippen LogP contribution in [0.15, 0.2) is 101 Å². The Bertz CT molecular complexity index is 1400. The van der Waals surface area contributed by atoms with E-state index in [0.29, 0.717) is 16.4 Å². The molecule has 0 saturated heterocycles. The molecule has 186 valence electrons. The van der Waals surface area contributed by atoms with Crippen molar-refractivity contribution in [1.82, 2.24) is 10.3 Å². The number of rotatable bonds is 9. The lowest BCUT2D eigenvalue weighted by molar-refractivity contribution is -0.114. The normalized spacial score (nSPS) is 11.0. The lowest BCUT2D eigenvalue weighted by Gasteiger charge is -2.12. The summed E-state index contributed by atoms with van der Waals surface area (Å²) in [7, 11) is 0. The van der Waals surface area contributed by atoms with E-state index in [1.165, 1.54) is 23.1 Å². The van der Waals surface area contributed by atoms with Crippen LogP contribution in [0.5, 0.6) is 0 Å². The van der Waals surface area contributed by atoms with Crippen LogP contribution in [0.4, 0.5) is 10.8 Å². The number of nitrogens with zero attached hydrogens (tertiary/aromatic N) is 1. The molecular weight excluding hydrogens is 504 g/mol. The monoisotopic (exact) mass is 528 g/mol. The average Bonchev–Trinajstić information content (AvgIpc) is 3.41. The highest BCUT2D eigenvalue weighted by Gasteiger charge is 2.15. The fraction of sp³-hybridized carbons (Fsp3) is 0.0714. The van der Waals surface area contributed by atoms with Crippen LogP contribution in [0.1, 0.15) is 21.5 Å². The van der Waals surface area contributed by atoms with Gasteiger partial charge in [-0.1, -0.05) is 48.0 Å². The van der Waals surface area contributed by atoms with Crippen LogP contribution in [0.3, 0.4) is 0 Å². The van der Waals surface area contributed by atoms with Crippen molar-refractivity contribution in [2.45, 2.75) is 11.8 Å². The molecule has 3 amide bonds. The third-order valence-corrected chi connectivity index (χ3v) is 6.74. The van der Waals surface area contributed by atoms with Gasteiger partial charge in [0.15, 0.2) is 5.13 Å². The van der Waals surface area contributed by atoms with Crippen LogP contribution in [0.2, 0.25) is 0 Å². The summed E-state index contributed by atoms with van der Waals surface area (Å²) in [4.78, 5) is 42.9. The minimum Gasteiger partial charge on any atom is -0.321 e. The van der Waals surface area contributed by atoms with Gasteiger partial charge in [0.25, 0.3) is 11.8 Å². The zero-order valence-electron chi connectivity index (χ0n) is 19.9. The maximum absolute atomic E-state index is 13.2. The van der Waals surface area contributed by atoms with Crippen LogP contribution < -0.4 is 16.0 Å². The summed E-state index contributed by atoms with van der Waals surface area (Å²) in [5, 5.41) is 10.7. The Balaban J connectivity index is 1.42. The summed E-state index contributed by atoms with van der Waals surface area (Å²) in [6.07, 6.45) is 3.28. The van der Waals surface area contributed by atoms with Gasteiger partial charge < -0.3 is 16.0 Å². The average molecular weight is 529 g/mol. The highest BCUT2D eigenvalue weighted by Crippen LogP contribution is 2.21. The summed E-state index contributed by atoms with van der Waals surface area (Å²) in [6, 6.07) is 23.5. The molecule has 0 bridgehead atoms. The summed E-state index contributed by atoms with van der Waals surface area (Å²) in [6.45, 7) is 1.96. The predicted octanol–water partition coefficient (Wildman–Crippen LogP) is 5.59. The smallest absolute Gasteiger partial charge is 0.272 e. The number of aryl methyl sites for hydroxylation is 1. The zero-order valence-corrected chi connectivity index (χ0v) is 21.6. The van der Waals surface area contributed by atoms with Gasteiger partial charge in [0.05, 0.1) is 5.75 Å². The fourth-order valence-electron chi connectivity index (χ4n) is 3.29. The van der Waals surface area contributed by atoms with E-state index in [0.717, 1.165) is 16.0 Å². The lowest BCUT2D eigenvalue weighted by Crippen LogP contribution is -2.30. The Morgan fingerprint density at radius 2 is 1.73 bits per heavy atom. The molecule has 37 heavy (non-hydrogen) atoms. The predicted molar refractivity (Wildman–Crippen MR) is 150 cm³/mol. The molecule has 0 radical (unpaired) electrons. The molecule has 0 atom stereocenters. The van der Waals surface area contributed by atoms with Crippen LogP contribution in [-0.2, 0) is 9.59 Å². The first kappa shape index (κ1) is 25.9. The standard InChI is InChI=1S/C28H24N4O3S2/c1-19-6-5-7-20(16-19)17-24(31-26(34)21-8-3-2-4-9-21)27(35)30-22-10-12-23(13-11-22)37-18-25(33)32-28-29-14-15-36-28/h2-17H,18H2,1H3,(H,30,35)(H,31,34)(H,29,32,33)/b24-17-. The Labute approximate surface area is 223 Å². The van der Waals surface area contributed by atoms with Gasteiger partial charge in [-0.05, 0) is 55.0 Å². The van der Waals surface area contributed by atoms with E-state index in [2.05, 4.69) is 20.9 Å². The lowest BCUT2D eigenvalue weighted by atomic mass is 10.1. The fourth-order valence-corrected chi connectivity index (χ4v) is 4.53. The molecule has 9 heteroatoms. The number of amides is 3. The quantitative estimate of drug-likeness (QED) is 0.194. The molecule has 0 fully saturated rings. The number of carbonyl (C=O) groups excluding carboxylic acids is 3. The van der Waals surface area contributed by atoms with Crippen LogP contribution in [-0.4, -0.2) is 28.5 Å². The van der Waals surface area contributed by atoms with Crippen molar-refractivity contribution >= 4 is 57.7 Å². The van der Waals surface area contributed by atoms with Crippen molar-refractivity contribution < 1.29 is 14.4 Å². The van der Waals surface area contributed by atoms with Gasteiger partial charge in [0.1, 0.15) is 5.70 Å². The molecule has 3 N–H and O–H groups in total. The number of nitrogens with one attached hydrogen (secondary N) is 3. The van der Waals surface area contributed by atoms with Gasteiger partial charge in [0, 0.05) is 27.7 Å². The topological polar surface area (TPSA) is 100 Å². The molecule has 4 rings (SSSR count). The number of carbonyl (C=O) groups is 3. The molecule has 1 aromatic heterocycles. The van der Waals surface area contributed by atoms with E-state index in [-0.39, 0.29) is 23.3 Å². The van der Waals surface area contributed by atoms with Gasteiger partial charge in [-0.3, -0.25) is 14.4 Å². The molecule has 0 saturated carbocycles. The van der Waals surface area contributed by atoms with Gasteiger partial charge in [-0.15, -0.1) is 23.1 Å². The maximum atomic E-state index is 13.2. The Morgan fingerprint density at radius 3 is 2.43 bits per heavy atom. The van der Waals surface area contributed by atoms with E-state index < -0.39 is 5.91 Å². The number of aromatic nitrogens is 1. The van der Waals surface area contributed by atoms with E-state index in [4.69, 9.17) is 0 Å². The van der Waals surface area contributed by atoms with Crippen molar-refractivity contribution in [3.63, 3.8) is 0 Å². The molecular formula is C28H24N4O3S2. The first-order valence-corrected chi connectivity index (χ1v) is 13.2. The van der Waals surface area contributed by atoms with E-state index in [1.54, 1.807) is 54.1 Å². The molecule has 0 spiro atoms. The van der Waals surface area contributed by atoms with Crippen molar-refractivity contribution in [3.05, 3.63) is 113 Å². The third-order valence-electron chi connectivity index (χ3n) is 5.04. The summed E-state index contributed by atoms with van der Waals surface area (Å²) in [5.74, 6) is -0.732. The molecule has 1 heterocycles. The van der Waals surface area contributed by atoms with Gasteiger partial charge in [-0.25, -0.2) is 4.98 Å². The number of hydrogen-bond acceptors (Lipinski definition) is 6. The van der Waals surface area contributed by atoms with Crippen LogP contribution in [0, 0.1) is 6.92 Å². The highest BCUT2D eigenvalue weighted by molar-refractivity contribution is 8.00. The molecule has 0 aliphatic rings. The molecule has 0 unspecified atom stereocenters. The van der Waals surface area contributed by atoms with Crippen molar-refractivity contribution in [2.24, 2.45) is 0 Å². The number of thiazole rings is 1. The van der Waals surface area contributed by atoms with E-state index in [9.17, 15) is 14.4 Å². The number of hydrogen-bond donors (Lipinski definition) is 3. The largest absolute Gasteiger partial charge is 0.321 e. The molecule has 0 aliphatic heterocycles. The Hall–Kier alpha value is -4.21. The van der Waals surface area contributed by atoms with Crippen LogP contribution in [0.25, 0.3) is 6.08 Å². The summed E-state index contributed by atoms with van der Waals surface area (Å²) >= 11 is 2.74. The number of benzene rings is 3. The molecule has 7 nitrogen and oxygen atoms in total. The second-order valence-electron chi connectivity index (χ2n) is 7.94. The first-order valence-electron chi connectivity index (χ1n) is 11.3. The maximum Gasteiger partial charge on any atom is 0.272 e. The van der Waals surface area contributed by atoms with Crippen molar-refractivity contribution in [2.75, 3.05) is 16.4 Å². The van der Waals surface area contributed by atoms with Crippen LogP contribution >= 0.6 is 23.1 Å². The Morgan fingerprint density at radius 1 is 0.946 bits per heavy atom. The van der Waals surface area contributed by atoms with Gasteiger partial charge >= 0.3 is 0 Å². The molecule has 4 aromatic rings. The summed E-state index contributed by atoms with van der Waals surface area (Å²) in [5.41, 5.74) is 2.96. The molecule has 3 aromatic carbocycles. The minimum absolute atomic E-state index is 0.122. The van der Waals surface area contributed by atoms with Gasteiger partial charge in [-0.2, -0.15) is 0 Å². The van der Waals surface area contributed by atoms with E-state index in [1.807, 2.05) is 49.4 Å². The highest BCUT2D eigenvalue weighted by atomic mass is 32.2. The SMILES string of the molecule is Cc1cccc(/C=C(\NC(=O)c2ccccc2)C(=O)Nc2ccc(SCC(=O)Nc3nccs3)cc2)c1. The van der Waals surface area contributed by atoms with E-state index >= 15 is 0 Å². The minimum atomic E-state index is -0.450. The number of anilines is 2. The van der Waals surface area contributed by atoms with Gasteiger partial charge in [0.2, 0.25) is 5.91 Å². The second kappa shape index (κ2) is 12.7. The number of thioether (sulfide) groups is 1. The molecule has 0 aliphatic carbocycles. The van der Waals surface area contributed by atoms with Crippen molar-refractivity contribution in [3.8, 4) is 0 Å². The first-order chi connectivity index (χ1) is 18.0. The Kier molecular flexibility index (Phi) is 8.85. The third kappa shape index (κ3) is 7.89. The summed E-state index contributed by atoms with van der Waals surface area (Å²) < 4.78 is 0. The van der Waals surface area contributed by atoms with Crippen molar-refractivity contribution in [1.29, 1.82) is 0 Å². The zero-order chi connectivity index (χ0) is 26.0. The second-order valence-corrected chi connectivity index (χ2v) is 9.89.